The van der Waals surface area contributed by atoms with Gasteiger partial charge < -0.3 is 14.4 Å². The molecular weight excluding hydrogens is 310 g/mol. The van der Waals surface area contributed by atoms with Gasteiger partial charge in [-0.15, -0.1) is 0 Å². The lowest BCUT2D eigenvalue weighted by Gasteiger charge is -2.41. The zero-order chi connectivity index (χ0) is 17.0. The average Bonchev–Trinajstić information content (AvgIpc) is 3.02. The van der Waals surface area contributed by atoms with Crippen molar-refractivity contribution in [1.82, 2.24) is 0 Å². The number of fused-ring (bicyclic) bond motifs is 5. The first kappa shape index (κ1) is 15.2. The molecule has 5 rings (SSSR count). The Kier molecular flexibility index (Phi) is 3.47. The van der Waals surface area contributed by atoms with Crippen molar-refractivity contribution in [3.05, 3.63) is 71.3 Å². The van der Waals surface area contributed by atoms with Gasteiger partial charge in [-0.3, -0.25) is 0 Å². The molecule has 2 aliphatic heterocycles. The van der Waals surface area contributed by atoms with Gasteiger partial charge in [0.25, 0.3) is 0 Å². The Balaban J connectivity index is 1.74. The van der Waals surface area contributed by atoms with E-state index in [1.54, 1.807) is 0 Å². The number of hydrogen-bond donors (Lipinski definition) is 0. The molecule has 3 aliphatic rings. The summed E-state index contributed by atoms with van der Waals surface area (Å²) in [5.41, 5.74) is 6.74. The Hall–Kier alpha value is -2.10. The Morgan fingerprint density at radius 3 is 2.60 bits per heavy atom. The fraction of sp³-hybridized carbons (Fsp3) is 0.364. The van der Waals surface area contributed by atoms with Crippen molar-refractivity contribution in [3.8, 4) is 0 Å². The molecule has 4 atom stereocenters. The smallest absolute Gasteiger partial charge is 0.106 e. The number of nitrogens with zero attached hydrogens (tertiary/aromatic N) is 1. The van der Waals surface area contributed by atoms with E-state index in [0.717, 1.165) is 13.0 Å². The second-order valence-corrected chi connectivity index (χ2v) is 7.20. The van der Waals surface area contributed by atoms with E-state index in [1.807, 2.05) is 7.11 Å². The second kappa shape index (κ2) is 5.72. The molecule has 25 heavy (non-hydrogen) atoms. The highest BCUT2D eigenvalue weighted by Gasteiger charge is 2.52. The van der Waals surface area contributed by atoms with E-state index < -0.39 is 0 Å². The first-order valence-corrected chi connectivity index (χ1v) is 9.06. The Bertz CT molecular complexity index is 829. The lowest BCUT2D eigenvalue weighted by Crippen LogP contribution is -2.43. The third kappa shape index (κ3) is 2.06. The maximum Gasteiger partial charge on any atom is 0.106 e. The van der Waals surface area contributed by atoms with E-state index in [-0.39, 0.29) is 18.2 Å². The van der Waals surface area contributed by atoms with E-state index in [4.69, 9.17) is 9.47 Å². The minimum atomic E-state index is 0.00847. The Labute approximate surface area is 148 Å². The van der Waals surface area contributed by atoms with E-state index >= 15 is 0 Å². The molecule has 1 aliphatic carbocycles. The van der Waals surface area contributed by atoms with E-state index in [0.29, 0.717) is 5.92 Å². The number of methoxy groups -OCH3 is 1. The molecule has 128 valence electrons. The van der Waals surface area contributed by atoms with Crippen molar-refractivity contribution < 1.29 is 9.47 Å². The maximum absolute atomic E-state index is 6.10. The third-order valence-corrected chi connectivity index (χ3v) is 6.06. The molecule has 0 bridgehead atoms. The summed E-state index contributed by atoms with van der Waals surface area (Å²) in [5.74, 6) is 0.525. The molecule has 2 aromatic rings. The van der Waals surface area contributed by atoms with Crippen molar-refractivity contribution in [3.63, 3.8) is 0 Å². The molecule has 0 unspecified atom stereocenters. The number of anilines is 1. The highest BCUT2D eigenvalue weighted by Crippen LogP contribution is 2.56. The molecule has 0 amide bonds. The van der Waals surface area contributed by atoms with Gasteiger partial charge in [0, 0.05) is 37.9 Å². The van der Waals surface area contributed by atoms with Gasteiger partial charge in [0.15, 0.2) is 0 Å². The minimum Gasteiger partial charge on any atom is -0.374 e. The first-order chi connectivity index (χ1) is 12.3. The maximum atomic E-state index is 6.10. The summed E-state index contributed by atoms with van der Waals surface area (Å²) >= 11 is 0. The first-order valence-electron chi connectivity index (χ1n) is 9.06. The van der Waals surface area contributed by atoms with Crippen LogP contribution in [0.3, 0.4) is 0 Å². The molecule has 0 N–H and O–H groups in total. The van der Waals surface area contributed by atoms with Gasteiger partial charge >= 0.3 is 0 Å². The SMILES string of the molecule is CO[C@@H]1C2=C(c3ccccc3N(C)[C@@H]1c1ccccc1)[C@H]1CCO[C@@H]21. The second-order valence-electron chi connectivity index (χ2n) is 7.20. The summed E-state index contributed by atoms with van der Waals surface area (Å²) in [6.07, 6.45) is 1.36. The van der Waals surface area contributed by atoms with E-state index in [2.05, 4.69) is 66.5 Å². The monoisotopic (exact) mass is 333 g/mol. The van der Waals surface area contributed by atoms with Crippen LogP contribution in [0.4, 0.5) is 5.69 Å². The Morgan fingerprint density at radius 1 is 1.04 bits per heavy atom. The van der Waals surface area contributed by atoms with Crippen molar-refractivity contribution in [2.24, 2.45) is 5.92 Å². The predicted octanol–water partition coefficient (Wildman–Crippen LogP) is 4.07. The van der Waals surface area contributed by atoms with Gasteiger partial charge in [-0.25, -0.2) is 0 Å². The number of hydrogen-bond acceptors (Lipinski definition) is 3. The van der Waals surface area contributed by atoms with Crippen LogP contribution in [0.2, 0.25) is 0 Å². The van der Waals surface area contributed by atoms with Crippen LogP contribution in [-0.2, 0) is 9.47 Å². The van der Waals surface area contributed by atoms with Crippen LogP contribution in [0.25, 0.3) is 5.57 Å². The van der Waals surface area contributed by atoms with E-state index in [9.17, 15) is 0 Å². The van der Waals surface area contributed by atoms with Gasteiger partial charge in [-0.05, 0) is 29.2 Å². The lowest BCUT2D eigenvalue weighted by molar-refractivity contribution is 0.0515. The molecule has 1 saturated heterocycles. The zero-order valence-corrected chi connectivity index (χ0v) is 14.7. The highest BCUT2D eigenvalue weighted by atomic mass is 16.5. The van der Waals surface area contributed by atoms with Gasteiger partial charge in [-0.2, -0.15) is 0 Å². The predicted molar refractivity (Wildman–Crippen MR) is 99.6 cm³/mol. The van der Waals surface area contributed by atoms with Crippen LogP contribution in [0.1, 0.15) is 23.6 Å². The van der Waals surface area contributed by atoms with E-state index in [1.165, 1.54) is 28.0 Å². The van der Waals surface area contributed by atoms with Crippen molar-refractivity contribution in [2.75, 3.05) is 25.7 Å². The fourth-order valence-corrected chi connectivity index (χ4v) is 4.97. The van der Waals surface area contributed by atoms with Crippen LogP contribution in [0.5, 0.6) is 0 Å². The molecular formula is C22H23NO2. The molecule has 1 fully saturated rings. The number of para-hydroxylation sites is 1. The lowest BCUT2D eigenvalue weighted by atomic mass is 9.68. The standard InChI is InChI=1S/C22H23NO2/c1-23-17-11-7-6-10-15(17)18-16-12-13-25-21(16)19(18)22(24-2)20(23)14-8-4-3-5-9-14/h3-11,16,20-22H,12-13H2,1-2H3/t16-,20-,21-,22-/m1/s1. The molecule has 0 saturated carbocycles. The van der Waals surface area contributed by atoms with Gasteiger partial charge in [-0.1, -0.05) is 48.5 Å². The molecule has 0 radical (unpaired) electrons. The molecule has 0 aromatic heterocycles. The fourth-order valence-electron chi connectivity index (χ4n) is 4.97. The number of ether oxygens (including phenoxy) is 2. The molecule has 0 spiro atoms. The number of rotatable bonds is 2. The van der Waals surface area contributed by atoms with Crippen LogP contribution in [0.15, 0.2) is 60.2 Å². The van der Waals surface area contributed by atoms with Gasteiger partial charge in [0.05, 0.1) is 12.1 Å². The minimum absolute atomic E-state index is 0.00847. The quantitative estimate of drug-likeness (QED) is 0.827. The van der Waals surface area contributed by atoms with Gasteiger partial charge in [0.1, 0.15) is 6.10 Å². The van der Waals surface area contributed by atoms with Gasteiger partial charge in [0.2, 0.25) is 0 Å². The van der Waals surface area contributed by atoms with Crippen LogP contribution >= 0.6 is 0 Å². The van der Waals surface area contributed by atoms with Crippen LogP contribution in [0, 0.1) is 5.92 Å². The highest BCUT2D eigenvalue weighted by molar-refractivity contribution is 5.87. The van der Waals surface area contributed by atoms with Crippen LogP contribution < -0.4 is 4.90 Å². The molecule has 3 nitrogen and oxygen atoms in total. The topological polar surface area (TPSA) is 21.7 Å². The van der Waals surface area contributed by atoms with Crippen molar-refractivity contribution >= 4 is 11.3 Å². The molecule has 3 heteroatoms. The molecule has 2 aromatic carbocycles. The normalized spacial score (nSPS) is 30.2. The summed E-state index contributed by atoms with van der Waals surface area (Å²) in [6.45, 7) is 0.854. The number of benzene rings is 2. The van der Waals surface area contributed by atoms with Crippen molar-refractivity contribution in [1.29, 1.82) is 0 Å². The molecule has 2 heterocycles. The number of likely N-dealkylation sites (N-methyl/N-ethyl adjacent to an activating group) is 1. The summed E-state index contributed by atoms with van der Waals surface area (Å²) in [7, 11) is 4.02. The van der Waals surface area contributed by atoms with Crippen molar-refractivity contribution in [2.45, 2.75) is 24.7 Å². The average molecular weight is 333 g/mol. The zero-order valence-electron chi connectivity index (χ0n) is 14.7. The summed E-state index contributed by atoms with van der Waals surface area (Å²) < 4.78 is 12.2. The third-order valence-electron chi connectivity index (χ3n) is 6.06. The largest absolute Gasteiger partial charge is 0.374 e. The van der Waals surface area contributed by atoms with Crippen LogP contribution in [-0.4, -0.2) is 33.0 Å². The summed E-state index contributed by atoms with van der Waals surface area (Å²) in [5, 5.41) is 0. The summed E-state index contributed by atoms with van der Waals surface area (Å²) in [6, 6.07) is 19.6. The summed E-state index contributed by atoms with van der Waals surface area (Å²) in [4.78, 5) is 2.38. The Morgan fingerprint density at radius 2 is 1.80 bits per heavy atom.